The van der Waals surface area contributed by atoms with Gasteiger partial charge in [-0.25, -0.2) is 0 Å². The number of nitrogens with one attached hydrogen (secondary N) is 6. The van der Waals surface area contributed by atoms with E-state index in [4.69, 9.17) is 4.74 Å². The van der Waals surface area contributed by atoms with Crippen molar-refractivity contribution >= 4 is 46.3 Å². The first-order valence-electron chi connectivity index (χ1n) is 20.1. The number of H-pyrrole nitrogens is 1. The number of amides is 6. The van der Waals surface area contributed by atoms with Crippen molar-refractivity contribution < 1.29 is 33.5 Å². The minimum absolute atomic E-state index is 0.0277. The first-order chi connectivity index (χ1) is 28.6. The third-order valence-corrected chi connectivity index (χ3v) is 10.6. The van der Waals surface area contributed by atoms with Crippen molar-refractivity contribution in [2.45, 2.75) is 84.1 Å². The fourth-order valence-electron chi connectivity index (χ4n) is 7.16. The largest absolute Gasteiger partial charge is 0.497 e. The molecular formula is C44H55N9O7. The van der Waals surface area contributed by atoms with Crippen LogP contribution < -0.4 is 31.3 Å². The Morgan fingerprint density at radius 1 is 0.850 bits per heavy atom. The second-order valence-electron chi connectivity index (χ2n) is 16.1. The van der Waals surface area contributed by atoms with Gasteiger partial charge in [-0.05, 0) is 60.6 Å². The van der Waals surface area contributed by atoms with E-state index in [0.29, 0.717) is 11.3 Å². The van der Waals surface area contributed by atoms with E-state index in [1.807, 2.05) is 58.0 Å². The summed E-state index contributed by atoms with van der Waals surface area (Å²) < 4.78 is 6.77. The molecule has 16 nitrogen and oxygen atoms in total. The highest BCUT2D eigenvalue weighted by molar-refractivity contribution is 5.98. The molecule has 60 heavy (non-hydrogen) atoms. The average molecular weight is 822 g/mol. The molecule has 0 spiro atoms. The summed E-state index contributed by atoms with van der Waals surface area (Å²) >= 11 is 0. The number of nitriles is 1. The highest BCUT2D eigenvalue weighted by atomic mass is 16.5. The molecule has 2 aromatic carbocycles. The van der Waals surface area contributed by atoms with Crippen molar-refractivity contribution in [3.8, 4) is 11.8 Å². The van der Waals surface area contributed by atoms with Gasteiger partial charge in [-0.3, -0.25) is 28.8 Å². The summed E-state index contributed by atoms with van der Waals surface area (Å²) in [4.78, 5) is 89.3. The van der Waals surface area contributed by atoms with Crippen LogP contribution in [0.4, 0.5) is 0 Å². The number of carbonyl (C=O) groups is 6. The lowest BCUT2D eigenvalue weighted by Crippen LogP contribution is -2.60. The van der Waals surface area contributed by atoms with Crippen LogP contribution >= 0.6 is 0 Å². The van der Waals surface area contributed by atoms with E-state index in [0.717, 1.165) is 16.5 Å². The summed E-state index contributed by atoms with van der Waals surface area (Å²) in [6.45, 7) is 8.33. The molecule has 3 heterocycles. The smallest absolute Gasteiger partial charge is 0.271 e. The second-order valence-corrected chi connectivity index (χ2v) is 16.1. The quantitative estimate of drug-likeness (QED) is 0.147. The van der Waals surface area contributed by atoms with E-state index < -0.39 is 72.2 Å². The van der Waals surface area contributed by atoms with Crippen LogP contribution in [0, 0.1) is 23.2 Å². The molecule has 1 fully saturated rings. The van der Waals surface area contributed by atoms with E-state index in [2.05, 4.69) is 31.6 Å². The van der Waals surface area contributed by atoms with Crippen molar-refractivity contribution in [1.29, 1.82) is 5.26 Å². The van der Waals surface area contributed by atoms with Gasteiger partial charge in [-0.15, -0.1) is 0 Å². The van der Waals surface area contributed by atoms with Crippen LogP contribution in [0.3, 0.4) is 0 Å². The third-order valence-electron chi connectivity index (χ3n) is 10.6. The molecule has 318 valence electrons. The molecule has 2 aromatic heterocycles. The highest BCUT2D eigenvalue weighted by Gasteiger charge is 2.34. The Hall–Kier alpha value is -6.63. The number of ether oxygens (including phenoxy) is 1. The standard InChI is InChI=1S/C44H55N9O7/c1-25(2)16-34-42(57)50-35(17-28-12-14-31(60-7)15-13-28)41(56)47-27(5)40(55)51-37(26(3)4)23-53(44(59)38-18-29(20-45)22-52(38)6)24-39(54)48-36(43(58)49-34)19-30-21-46-33-11-9-8-10-32(30)33/h8-15,18,21-22,25-27,34-37,46H,16-17,19,23-24H2,1-7H3,(H,47,56)(H,48,54)(H,49,58)(H,50,57)(H,51,55)/t27-,34+,35+,36-,37-/m1/s1. The summed E-state index contributed by atoms with van der Waals surface area (Å²) in [7, 11) is 3.14. The maximum absolute atomic E-state index is 14.4. The Labute approximate surface area is 349 Å². The van der Waals surface area contributed by atoms with Crippen LogP contribution in [-0.4, -0.2) is 100 Å². The maximum atomic E-state index is 14.4. The molecule has 16 heteroatoms. The molecule has 1 aliphatic rings. The van der Waals surface area contributed by atoms with E-state index in [1.165, 1.54) is 35.8 Å². The third kappa shape index (κ3) is 11.3. The number of nitrogens with zero attached hydrogens (tertiary/aromatic N) is 3. The number of methoxy groups -OCH3 is 1. The zero-order chi connectivity index (χ0) is 43.7. The molecule has 0 aliphatic carbocycles. The van der Waals surface area contributed by atoms with E-state index in [1.54, 1.807) is 37.5 Å². The van der Waals surface area contributed by atoms with Crippen molar-refractivity contribution in [2.24, 2.45) is 18.9 Å². The van der Waals surface area contributed by atoms with Crippen LogP contribution in [0.2, 0.25) is 0 Å². The van der Waals surface area contributed by atoms with Crippen LogP contribution in [0.1, 0.15) is 68.2 Å². The Morgan fingerprint density at radius 3 is 2.15 bits per heavy atom. The zero-order valence-corrected chi connectivity index (χ0v) is 35.1. The van der Waals surface area contributed by atoms with Crippen LogP contribution in [-0.2, 0) is 43.9 Å². The highest BCUT2D eigenvalue weighted by Crippen LogP contribution is 2.20. The fraction of sp³-hybridized carbons (Fsp3) is 0.432. The van der Waals surface area contributed by atoms with Gasteiger partial charge in [-0.2, -0.15) is 5.26 Å². The molecule has 0 bridgehead atoms. The molecule has 1 aliphatic heterocycles. The van der Waals surface area contributed by atoms with Crippen LogP contribution in [0.5, 0.6) is 5.75 Å². The van der Waals surface area contributed by atoms with Gasteiger partial charge >= 0.3 is 0 Å². The van der Waals surface area contributed by atoms with Gasteiger partial charge in [0.05, 0.1) is 19.2 Å². The second kappa shape index (κ2) is 19.9. The van der Waals surface area contributed by atoms with E-state index in [9.17, 15) is 34.0 Å². The summed E-state index contributed by atoms with van der Waals surface area (Å²) in [6.07, 6.45) is 3.52. The van der Waals surface area contributed by atoms with Gasteiger partial charge in [-0.1, -0.05) is 58.0 Å². The summed E-state index contributed by atoms with van der Waals surface area (Å²) in [5, 5.41) is 24.6. The molecule has 1 saturated heterocycles. The van der Waals surface area contributed by atoms with Crippen molar-refractivity contribution in [3.63, 3.8) is 0 Å². The Balaban J connectivity index is 1.56. The lowest BCUT2D eigenvalue weighted by Gasteiger charge is -2.32. The first-order valence-corrected chi connectivity index (χ1v) is 20.1. The lowest BCUT2D eigenvalue weighted by atomic mass is 9.99. The van der Waals surface area contributed by atoms with Crippen LogP contribution in [0.15, 0.2) is 67.0 Å². The molecule has 0 unspecified atom stereocenters. The van der Waals surface area contributed by atoms with E-state index >= 15 is 0 Å². The molecule has 6 N–H and O–H groups in total. The fourth-order valence-corrected chi connectivity index (χ4v) is 7.16. The van der Waals surface area contributed by atoms with Crippen LogP contribution in [0.25, 0.3) is 10.9 Å². The number of rotatable bonds is 9. The predicted octanol–water partition coefficient (Wildman–Crippen LogP) is 2.47. The number of aromatic nitrogens is 2. The number of aryl methyl sites for hydroxylation is 1. The van der Waals surface area contributed by atoms with Gasteiger partial charge in [0.25, 0.3) is 5.91 Å². The number of aromatic amines is 1. The SMILES string of the molecule is COc1ccc(C[C@@H]2NC(=O)[C@H](CC(C)C)NC(=O)[C@@H](Cc3c[nH]c4ccccc34)NC(=O)CN(C(=O)c3cc(C#N)cn3C)C[C@H](C(C)C)NC(=O)[C@@H](C)NC2=O)cc1. The van der Waals surface area contributed by atoms with Crippen molar-refractivity contribution in [3.05, 3.63) is 89.4 Å². The Bertz CT molecular complexity index is 2240. The van der Waals surface area contributed by atoms with Gasteiger partial charge in [0.2, 0.25) is 29.5 Å². The molecule has 5 atom stereocenters. The maximum Gasteiger partial charge on any atom is 0.271 e. The predicted molar refractivity (Wildman–Crippen MR) is 224 cm³/mol. The number of fused-ring (bicyclic) bond motifs is 1. The molecule has 0 saturated carbocycles. The molecule has 0 radical (unpaired) electrons. The normalized spacial score (nSPS) is 21.3. The summed E-state index contributed by atoms with van der Waals surface area (Å²) in [5.74, 6) is -3.44. The average Bonchev–Trinajstić information content (AvgIpc) is 3.81. The topological polar surface area (TPSA) is 220 Å². The summed E-state index contributed by atoms with van der Waals surface area (Å²) in [5.41, 5.74) is 2.63. The monoisotopic (exact) mass is 821 g/mol. The first kappa shape index (κ1) is 44.5. The van der Waals surface area contributed by atoms with Gasteiger partial charge in [0, 0.05) is 55.8 Å². The minimum Gasteiger partial charge on any atom is -0.497 e. The molecule has 5 rings (SSSR count). The summed E-state index contributed by atoms with van der Waals surface area (Å²) in [6, 6.07) is 12.7. The van der Waals surface area contributed by atoms with Gasteiger partial charge < -0.3 is 45.8 Å². The molecular weight excluding hydrogens is 767 g/mol. The Kier molecular flexibility index (Phi) is 14.7. The zero-order valence-electron chi connectivity index (χ0n) is 35.1. The Morgan fingerprint density at radius 2 is 1.50 bits per heavy atom. The molecule has 6 amide bonds. The van der Waals surface area contributed by atoms with Crippen molar-refractivity contribution in [2.75, 3.05) is 20.2 Å². The number of para-hydroxylation sites is 1. The number of benzene rings is 2. The molecule has 4 aromatic rings. The van der Waals surface area contributed by atoms with Gasteiger partial charge in [0.15, 0.2) is 0 Å². The number of carbonyl (C=O) groups excluding carboxylic acids is 6. The van der Waals surface area contributed by atoms with Crippen molar-refractivity contribution in [1.82, 2.24) is 41.0 Å². The van der Waals surface area contributed by atoms with Gasteiger partial charge in [0.1, 0.15) is 41.7 Å². The number of hydrogen-bond donors (Lipinski definition) is 6. The lowest BCUT2D eigenvalue weighted by molar-refractivity contribution is -0.135. The van der Waals surface area contributed by atoms with E-state index in [-0.39, 0.29) is 48.9 Å². The minimum atomic E-state index is -1.21. The number of hydrogen-bond acceptors (Lipinski definition) is 8.